The van der Waals surface area contributed by atoms with Crippen molar-refractivity contribution in [1.82, 2.24) is 0 Å². The Labute approximate surface area is 115 Å². The maximum atomic E-state index is 11.5. The van der Waals surface area contributed by atoms with E-state index in [1.54, 1.807) is 34.6 Å². The topological polar surface area (TPSA) is 52.6 Å². The van der Waals surface area contributed by atoms with E-state index >= 15 is 0 Å². The highest BCUT2D eigenvalue weighted by Crippen LogP contribution is 2.17. The van der Waals surface area contributed by atoms with E-state index in [-0.39, 0.29) is 5.78 Å². The van der Waals surface area contributed by atoms with E-state index in [4.69, 9.17) is 9.47 Å². The van der Waals surface area contributed by atoms with E-state index in [1.165, 1.54) is 0 Å². The summed E-state index contributed by atoms with van der Waals surface area (Å²) in [4.78, 5) is 23.0. The van der Waals surface area contributed by atoms with Crippen LogP contribution in [-0.4, -0.2) is 30.1 Å². The molecule has 0 aliphatic heterocycles. The summed E-state index contributed by atoms with van der Waals surface area (Å²) in [5, 5.41) is 0. The van der Waals surface area contributed by atoms with Crippen LogP contribution in [0.15, 0.2) is 24.3 Å². The van der Waals surface area contributed by atoms with Gasteiger partial charge in [0.2, 0.25) is 0 Å². The maximum Gasteiger partial charge on any atom is 0.333 e. The Morgan fingerprint density at radius 2 is 1.68 bits per heavy atom. The first kappa shape index (κ1) is 17.6. The van der Waals surface area contributed by atoms with Crippen LogP contribution >= 0.6 is 0 Å². The molecule has 0 fully saturated rings. The fourth-order valence-corrected chi connectivity index (χ4v) is 1.29. The zero-order valence-electron chi connectivity index (χ0n) is 12.5. The van der Waals surface area contributed by atoms with E-state index < -0.39 is 17.7 Å². The van der Waals surface area contributed by atoms with E-state index in [0.717, 1.165) is 0 Å². The van der Waals surface area contributed by atoms with Gasteiger partial charge in [-0.25, -0.2) is 4.79 Å². The van der Waals surface area contributed by atoms with Crippen LogP contribution in [0, 0.1) is 0 Å². The smallest absolute Gasteiger partial charge is 0.333 e. The molecule has 0 aliphatic rings. The Morgan fingerprint density at radius 3 is 2.11 bits per heavy atom. The van der Waals surface area contributed by atoms with Crippen molar-refractivity contribution < 1.29 is 19.1 Å². The average Bonchev–Trinajstić information content (AvgIpc) is 2.26. The minimum Gasteiger partial charge on any atom is -0.456 e. The summed E-state index contributed by atoms with van der Waals surface area (Å²) in [5.41, 5.74) is 0.183. The lowest BCUT2D eigenvalue weighted by Gasteiger charge is -2.25. The summed E-state index contributed by atoms with van der Waals surface area (Å²) in [6, 6.07) is 0. The summed E-state index contributed by atoms with van der Waals surface area (Å²) in [6.07, 6.45) is -0.0232. The monoisotopic (exact) mass is 268 g/mol. The van der Waals surface area contributed by atoms with Gasteiger partial charge in [-0.15, -0.1) is 0 Å². The molecule has 0 aromatic carbocycles. The molecule has 0 aromatic rings. The number of carbonyl (C=O) groups excluding carboxylic acids is 2. The lowest BCUT2D eigenvalue weighted by atomic mass is 10.1. The molecule has 0 N–H and O–H groups in total. The normalized spacial score (nSPS) is 12.7. The zero-order chi connectivity index (χ0) is 15.2. The van der Waals surface area contributed by atoms with Gasteiger partial charge < -0.3 is 9.47 Å². The number of Topliss-reactive ketones (excluding diaryl/α,β-unsaturated/α-hetero) is 1. The van der Waals surface area contributed by atoms with Crippen LogP contribution in [0.1, 0.15) is 41.0 Å². The third-order valence-corrected chi connectivity index (χ3v) is 2.58. The molecule has 1 atom stereocenters. The fourth-order valence-electron chi connectivity index (χ4n) is 1.29. The second-order valence-electron chi connectivity index (χ2n) is 5.34. The van der Waals surface area contributed by atoms with Gasteiger partial charge >= 0.3 is 5.97 Å². The molecule has 0 aromatic heterocycles. The Balaban J connectivity index is 4.19. The third kappa shape index (κ3) is 6.91. The van der Waals surface area contributed by atoms with Crippen molar-refractivity contribution in [2.24, 2.45) is 0 Å². The Morgan fingerprint density at radius 1 is 1.16 bits per heavy atom. The summed E-state index contributed by atoms with van der Waals surface area (Å²) in [5.74, 6) is -0.534. The van der Waals surface area contributed by atoms with Crippen LogP contribution in [0.2, 0.25) is 0 Å². The van der Waals surface area contributed by atoms with Gasteiger partial charge in [-0.1, -0.05) is 13.2 Å². The van der Waals surface area contributed by atoms with Crippen LogP contribution in [-0.2, 0) is 19.1 Å². The third-order valence-electron chi connectivity index (χ3n) is 2.58. The highest BCUT2D eigenvalue weighted by atomic mass is 16.6. The van der Waals surface area contributed by atoms with Gasteiger partial charge in [-0.2, -0.15) is 0 Å². The largest absolute Gasteiger partial charge is 0.456 e. The average molecular weight is 268 g/mol. The molecule has 0 amide bonds. The van der Waals surface area contributed by atoms with Crippen LogP contribution in [0.25, 0.3) is 0 Å². The predicted octanol–water partition coefficient (Wildman–Crippen LogP) is 2.82. The zero-order valence-corrected chi connectivity index (χ0v) is 12.5. The molecular weight excluding hydrogens is 244 g/mol. The van der Waals surface area contributed by atoms with E-state index in [9.17, 15) is 9.59 Å². The van der Waals surface area contributed by atoms with Crippen molar-refractivity contribution in [2.75, 3.05) is 6.61 Å². The highest BCUT2D eigenvalue weighted by Gasteiger charge is 2.24. The summed E-state index contributed by atoms with van der Waals surface area (Å²) >= 11 is 0. The molecule has 0 saturated heterocycles. The molecule has 108 valence electrons. The molecule has 0 saturated carbocycles. The maximum absolute atomic E-state index is 11.5. The van der Waals surface area contributed by atoms with Crippen LogP contribution in [0.5, 0.6) is 0 Å². The van der Waals surface area contributed by atoms with Gasteiger partial charge in [-0.05, 0) is 40.2 Å². The summed E-state index contributed by atoms with van der Waals surface area (Å²) in [7, 11) is 0. The van der Waals surface area contributed by atoms with E-state index in [2.05, 4.69) is 13.2 Å². The fraction of sp³-hybridized carbons (Fsp3) is 0.600. The number of carbonyl (C=O) groups is 2. The van der Waals surface area contributed by atoms with Crippen molar-refractivity contribution in [3.63, 3.8) is 0 Å². The molecule has 4 heteroatoms. The van der Waals surface area contributed by atoms with Crippen LogP contribution < -0.4 is 0 Å². The predicted molar refractivity (Wildman–Crippen MR) is 74.8 cm³/mol. The molecule has 0 heterocycles. The number of hydrogen-bond acceptors (Lipinski definition) is 4. The lowest BCUT2D eigenvalue weighted by molar-refractivity contribution is -0.153. The van der Waals surface area contributed by atoms with Crippen molar-refractivity contribution in [1.29, 1.82) is 0 Å². The van der Waals surface area contributed by atoms with Crippen LogP contribution in [0.3, 0.4) is 0 Å². The van der Waals surface area contributed by atoms with Gasteiger partial charge in [-0.3, -0.25) is 4.79 Å². The van der Waals surface area contributed by atoms with Crippen molar-refractivity contribution in [3.8, 4) is 0 Å². The van der Waals surface area contributed by atoms with Gasteiger partial charge in [0, 0.05) is 12.0 Å². The lowest BCUT2D eigenvalue weighted by Crippen LogP contribution is -2.31. The van der Waals surface area contributed by atoms with Gasteiger partial charge in [0.05, 0.1) is 6.61 Å². The number of ketones is 1. The summed E-state index contributed by atoms with van der Waals surface area (Å²) < 4.78 is 10.7. The molecule has 1 unspecified atom stereocenters. The van der Waals surface area contributed by atoms with Crippen molar-refractivity contribution in [3.05, 3.63) is 24.3 Å². The molecule has 0 rings (SSSR count). The van der Waals surface area contributed by atoms with Gasteiger partial charge in [0.25, 0.3) is 0 Å². The highest BCUT2D eigenvalue weighted by molar-refractivity contribution is 5.97. The molecule has 0 bridgehead atoms. The first-order chi connectivity index (χ1) is 8.57. The minimum atomic E-state index is -0.651. The first-order valence-corrected chi connectivity index (χ1v) is 6.27. The second-order valence-corrected chi connectivity index (χ2v) is 5.34. The number of ether oxygens (including phenoxy) is 2. The standard InChI is InChI=1S/C15H24O4/c1-10(2)13(16)12(5)18-9-8-15(6,7)19-14(17)11(3)4/h12H,1,3,8-9H2,2,4-7H3. The number of rotatable bonds is 8. The Bertz CT molecular complexity index is 380. The number of esters is 1. The Hall–Kier alpha value is -1.42. The molecule has 4 nitrogen and oxygen atoms in total. The van der Waals surface area contributed by atoms with E-state index in [0.29, 0.717) is 24.2 Å². The van der Waals surface area contributed by atoms with Gasteiger partial charge in [0.15, 0.2) is 5.78 Å². The quantitative estimate of drug-likeness (QED) is 0.502. The summed E-state index contributed by atoms with van der Waals surface area (Å²) in [6.45, 7) is 16.0. The molecule has 0 radical (unpaired) electrons. The van der Waals surface area contributed by atoms with Crippen molar-refractivity contribution >= 4 is 11.8 Å². The molecular formula is C15H24O4. The van der Waals surface area contributed by atoms with Gasteiger partial charge in [0.1, 0.15) is 11.7 Å². The molecule has 0 aliphatic carbocycles. The number of hydrogen-bond donors (Lipinski definition) is 0. The minimum absolute atomic E-state index is 0.114. The molecule has 0 spiro atoms. The van der Waals surface area contributed by atoms with Crippen molar-refractivity contribution in [2.45, 2.75) is 52.7 Å². The second kappa shape index (κ2) is 7.24. The molecule has 19 heavy (non-hydrogen) atoms. The first-order valence-electron chi connectivity index (χ1n) is 6.27. The van der Waals surface area contributed by atoms with Crippen LogP contribution in [0.4, 0.5) is 0 Å². The van der Waals surface area contributed by atoms with E-state index in [1.807, 2.05) is 0 Å². The Kier molecular flexibility index (Phi) is 6.70. The SMILES string of the molecule is C=C(C)C(=O)OC(C)(C)CCOC(C)C(=O)C(=C)C.